The maximum atomic E-state index is 13.1. The molecule has 1 unspecified atom stereocenters. The number of aromatic nitrogens is 2. The molecule has 0 aromatic carbocycles. The maximum Gasteiger partial charge on any atom is 0.327 e. The van der Waals surface area contributed by atoms with Crippen LogP contribution in [0.4, 0.5) is 4.79 Å². The number of nitrogens with zero attached hydrogens (tertiary/aromatic N) is 5. The molecular weight excluding hydrogens is 346 g/mol. The van der Waals surface area contributed by atoms with Gasteiger partial charge in [-0.05, 0) is 26.2 Å². The van der Waals surface area contributed by atoms with E-state index in [4.69, 9.17) is 0 Å². The van der Waals surface area contributed by atoms with Gasteiger partial charge in [0.25, 0.3) is 5.91 Å². The normalized spacial score (nSPS) is 24.3. The van der Waals surface area contributed by atoms with Crippen molar-refractivity contribution in [1.29, 1.82) is 0 Å². The Bertz CT molecular complexity index is 739. The van der Waals surface area contributed by atoms with E-state index in [1.54, 1.807) is 26.8 Å². The first-order valence-electron chi connectivity index (χ1n) is 9.95. The van der Waals surface area contributed by atoms with E-state index in [0.717, 1.165) is 31.5 Å². The number of hydrogen-bond donors (Lipinski definition) is 0. The SMILES string of the molecule is Cc1nccn1CC(=O)N1CCCN2C(=O)N(C3CCCCC3)C(=O)C2C1. The molecule has 4 amide bonds. The van der Waals surface area contributed by atoms with E-state index in [-0.39, 0.29) is 30.4 Å². The minimum atomic E-state index is -0.533. The highest BCUT2D eigenvalue weighted by Gasteiger charge is 2.49. The molecule has 3 aliphatic rings. The summed E-state index contributed by atoms with van der Waals surface area (Å²) in [6.07, 6.45) is 9.28. The van der Waals surface area contributed by atoms with Gasteiger partial charge in [-0.25, -0.2) is 9.78 Å². The van der Waals surface area contributed by atoms with Crippen LogP contribution in [-0.4, -0.2) is 73.8 Å². The second-order valence-corrected chi connectivity index (χ2v) is 7.79. The monoisotopic (exact) mass is 373 g/mol. The van der Waals surface area contributed by atoms with Crippen LogP contribution in [0.2, 0.25) is 0 Å². The summed E-state index contributed by atoms with van der Waals surface area (Å²) in [4.78, 5) is 47.8. The second-order valence-electron chi connectivity index (χ2n) is 7.79. The van der Waals surface area contributed by atoms with Crippen LogP contribution in [0.5, 0.6) is 0 Å². The number of rotatable bonds is 3. The number of carbonyl (C=O) groups is 3. The quantitative estimate of drug-likeness (QED) is 0.750. The van der Waals surface area contributed by atoms with Gasteiger partial charge in [0.05, 0.1) is 6.54 Å². The molecule has 8 nitrogen and oxygen atoms in total. The van der Waals surface area contributed by atoms with Crippen LogP contribution in [0.25, 0.3) is 0 Å². The standard InChI is InChI=1S/C19H27N5O3/c1-14-20-8-11-21(14)13-17(25)22-9-5-10-23-16(12-22)18(26)24(19(23)27)15-6-3-2-4-7-15/h8,11,15-16H,2-7,9-10,12-13H2,1H3. The van der Waals surface area contributed by atoms with Crippen LogP contribution in [-0.2, 0) is 16.1 Å². The van der Waals surface area contributed by atoms with Crippen molar-refractivity contribution in [2.75, 3.05) is 19.6 Å². The molecule has 0 N–H and O–H groups in total. The van der Waals surface area contributed by atoms with Crippen molar-refractivity contribution in [3.05, 3.63) is 18.2 Å². The van der Waals surface area contributed by atoms with E-state index >= 15 is 0 Å². The summed E-state index contributed by atoms with van der Waals surface area (Å²) in [5.41, 5.74) is 0. The smallest absolute Gasteiger partial charge is 0.327 e. The first-order valence-corrected chi connectivity index (χ1v) is 9.95. The molecule has 2 aliphatic heterocycles. The molecule has 1 aromatic rings. The first kappa shape index (κ1) is 18.0. The van der Waals surface area contributed by atoms with Crippen LogP contribution >= 0.6 is 0 Å². The molecule has 1 aromatic heterocycles. The zero-order chi connectivity index (χ0) is 19.0. The predicted octanol–water partition coefficient (Wildman–Crippen LogP) is 1.39. The summed E-state index contributed by atoms with van der Waals surface area (Å²) in [5, 5.41) is 0. The number of amides is 4. The van der Waals surface area contributed by atoms with Gasteiger partial charge in [0.15, 0.2) is 0 Å². The van der Waals surface area contributed by atoms with Crippen molar-refractivity contribution < 1.29 is 14.4 Å². The molecule has 1 atom stereocenters. The highest BCUT2D eigenvalue weighted by Crippen LogP contribution is 2.30. The molecule has 0 spiro atoms. The van der Waals surface area contributed by atoms with Gasteiger partial charge in [-0.3, -0.25) is 14.5 Å². The van der Waals surface area contributed by atoms with Crippen molar-refractivity contribution in [3.63, 3.8) is 0 Å². The van der Waals surface area contributed by atoms with E-state index in [1.165, 1.54) is 11.3 Å². The first-order chi connectivity index (χ1) is 13.1. The van der Waals surface area contributed by atoms with Gasteiger partial charge >= 0.3 is 6.03 Å². The molecule has 2 saturated heterocycles. The van der Waals surface area contributed by atoms with Crippen LogP contribution in [0.15, 0.2) is 12.4 Å². The molecule has 8 heteroatoms. The highest BCUT2D eigenvalue weighted by atomic mass is 16.2. The highest BCUT2D eigenvalue weighted by molar-refractivity contribution is 6.05. The number of imide groups is 1. The lowest BCUT2D eigenvalue weighted by Gasteiger charge is -2.29. The second kappa shape index (κ2) is 7.32. The minimum absolute atomic E-state index is 0.0310. The largest absolute Gasteiger partial charge is 0.338 e. The number of urea groups is 1. The summed E-state index contributed by atoms with van der Waals surface area (Å²) in [5.74, 6) is 0.634. The van der Waals surface area contributed by atoms with Gasteiger partial charge in [-0.1, -0.05) is 19.3 Å². The van der Waals surface area contributed by atoms with Crippen LogP contribution in [0.3, 0.4) is 0 Å². The zero-order valence-corrected chi connectivity index (χ0v) is 15.8. The Balaban J connectivity index is 1.48. The lowest BCUT2D eigenvalue weighted by atomic mass is 9.94. The number of hydrogen-bond acceptors (Lipinski definition) is 4. The third-order valence-corrected chi connectivity index (χ3v) is 6.09. The molecule has 4 rings (SSSR count). The average molecular weight is 373 g/mol. The molecule has 1 aliphatic carbocycles. The van der Waals surface area contributed by atoms with E-state index < -0.39 is 6.04 Å². The number of aryl methyl sites for hydroxylation is 1. The molecule has 3 fully saturated rings. The zero-order valence-electron chi connectivity index (χ0n) is 15.8. The number of fused-ring (bicyclic) bond motifs is 1. The molecule has 3 heterocycles. The van der Waals surface area contributed by atoms with Crippen molar-refractivity contribution in [2.45, 2.75) is 64.1 Å². The van der Waals surface area contributed by atoms with Gasteiger partial charge in [0.2, 0.25) is 5.91 Å². The fourth-order valence-electron chi connectivity index (χ4n) is 4.54. The van der Waals surface area contributed by atoms with Gasteiger partial charge < -0.3 is 14.4 Å². The lowest BCUT2D eigenvalue weighted by molar-refractivity contribution is -0.134. The van der Waals surface area contributed by atoms with E-state index in [0.29, 0.717) is 26.1 Å². The summed E-state index contributed by atoms with van der Waals surface area (Å²) < 4.78 is 1.81. The maximum absolute atomic E-state index is 13.1. The fraction of sp³-hybridized carbons (Fsp3) is 0.684. The summed E-state index contributed by atoms with van der Waals surface area (Å²) >= 11 is 0. The van der Waals surface area contributed by atoms with Crippen molar-refractivity contribution in [2.24, 2.45) is 0 Å². The van der Waals surface area contributed by atoms with Crippen LogP contribution in [0, 0.1) is 6.92 Å². The van der Waals surface area contributed by atoms with Gasteiger partial charge in [-0.2, -0.15) is 0 Å². The molecule has 146 valence electrons. The van der Waals surface area contributed by atoms with Crippen molar-refractivity contribution in [3.8, 4) is 0 Å². The number of carbonyl (C=O) groups excluding carboxylic acids is 3. The van der Waals surface area contributed by atoms with E-state index in [2.05, 4.69) is 4.98 Å². The van der Waals surface area contributed by atoms with Crippen molar-refractivity contribution in [1.82, 2.24) is 24.3 Å². The Labute approximate surface area is 159 Å². The lowest BCUT2D eigenvalue weighted by Crippen LogP contribution is -2.45. The van der Waals surface area contributed by atoms with E-state index in [9.17, 15) is 14.4 Å². The molecule has 1 saturated carbocycles. The average Bonchev–Trinajstić information content (AvgIpc) is 3.06. The predicted molar refractivity (Wildman–Crippen MR) is 97.8 cm³/mol. The van der Waals surface area contributed by atoms with Gasteiger partial charge in [0, 0.05) is 31.5 Å². The molecule has 27 heavy (non-hydrogen) atoms. The molecule has 0 radical (unpaired) electrons. The van der Waals surface area contributed by atoms with E-state index in [1.807, 2.05) is 6.92 Å². The topological polar surface area (TPSA) is 78.8 Å². The van der Waals surface area contributed by atoms with Crippen molar-refractivity contribution >= 4 is 17.8 Å². The number of imidazole rings is 1. The van der Waals surface area contributed by atoms with Crippen LogP contribution in [0.1, 0.15) is 44.3 Å². The third kappa shape index (κ3) is 3.33. The third-order valence-electron chi connectivity index (χ3n) is 6.09. The van der Waals surface area contributed by atoms with Crippen LogP contribution < -0.4 is 0 Å². The summed E-state index contributed by atoms with van der Waals surface area (Å²) in [6.45, 7) is 3.47. The Morgan fingerprint density at radius 2 is 1.93 bits per heavy atom. The summed E-state index contributed by atoms with van der Waals surface area (Å²) in [6, 6.07) is -0.658. The molecule has 0 bridgehead atoms. The Morgan fingerprint density at radius 1 is 1.15 bits per heavy atom. The Morgan fingerprint density at radius 3 is 2.63 bits per heavy atom. The Hall–Kier alpha value is -2.38. The minimum Gasteiger partial charge on any atom is -0.338 e. The summed E-state index contributed by atoms with van der Waals surface area (Å²) in [7, 11) is 0. The molecular formula is C19H27N5O3. The van der Waals surface area contributed by atoms with Gasteiger partial charge in [-0.15, -0.1) is 0 Å². The fourth-order valence-corrected chi connectivity index (χ4v) is 4.54. The van der Waals surface area contributed by atoms with Gasteiger partial charge in [0.1, 0.15) is 18.4 Å². The Kier molecular flexibility index (Phi) is 4.88.